The van der Waals surface area contributed by atoms with Gasteiger partial charge in [-0.05, 0) is 33.6 Å². The second-order valence-corrected chi connectivity index (χ2v) is 5.61. The van der Waals surface area contributed by atoms with Crippen LogP contribution in [-0.2, 0) is 11.3 Å². The van der Waals surface area contributed by atoms with Gasteiger partial charge in [-0.25, -0.2) is 9.97 Å². The molecule has 20 heavy (non-hydrogen) atoms. The van der Waals surface area contributed by atoms with E-state index in [0.29, 0.717) is 13.2 Å². The van der Waals surface area contributed by atoms with Crippen molar-refractivity contribution in [3.63, 3.8) is 0 Å². The highest BCUT2D eigenvalue weighted by molar-refractivity contribution is 5.49. The number of hydrogen-bond donors (Lipinski definition) is 2. The maximum Gasteiger partial charge on any atom is 0.158 e. The van der Waals surface area contributed by atoms with Gasteiger partial charge in [-0.1, -0.05) is 12.8 Å². The van der Waals surface area contributed by atoms with Crippen LogP contribution in [0, 0.1) is 0 Å². The molecule has 1 aromatic heterocycles. The van der Waals surface area contributed by atoms with Gasteiger partial charge in [-0.15, -0.1) is 0 Å². The molecular weight excluding hydrogens is 252 g/mol. The summed E-state index contributed by atoms with van der Waals surface area (Å²) in [5.41, 5.74) is 0.167. The summed E-state index contributed by atoms with van der Waals surface area (Å²) in [6, 6.07) is 1.99. The predicted molar refractivity (Wildman–Crippen MR) is 82.0 cm³/mol. The molecule has 0 aliphatic heterocycles. The number of hydrogen-bond acceptors (Lipinski definition) is 5. The summed E-state index contributed by atoms with van der Waals surface area (Å²) in [4.78, 5) is 9.05. The van der Waals surface area contributed by atoms with E-state index in [1.807, 2.05) is 13.0 Å². The fourth-order valence-electron chi connectivity index (χ4n) is 2.68. The minimum Gasteiger partial charge on any atom is -0.374 e. The van der Waals surface area contributed by atoms with Crippen molar-refractivity contribution in [2.75, 3.05) is 23.8 Å². The van der Waals surface area contributed by atoms with Crippen molar-refractivity contribution >= 4 is 11.6 Å². The Labute approximate surface area is 121 Å². The van der Waals surface area contributed by atoms with Crippen LogP contribution in [0.15, 0.2) is 6.07 Å². The highest BCUT2D eigenvalue weighted by atomic mass is 16.5. The molecule has 0 radical (unpaired) electrons. The quantitative estimate of drug-likeness (QED) is 0.802. The molecule has 0 amide bonds. The molecule has 0 spiro atoms. The van der Waals surface area contributed by atoms with Crippen molar-refractivity contribution in [3.8, 4) is 0 Å². The maximum atomic E-state index is 5.42. The first-order valence-electron chi connectivity index (χ1n) is 7.63. The van der Waals surface area contributed by atoms with E-state index >= 15 is 0 Å². The van der Waals surface area contributed by atoms with Gasteiger partial charge in [0, 0.05) is 24.8 Å². The third kappa shape index (κ3) is 4.07. The SMILES string of the molecule is CCNc1cc(NC2(C)CCCC2)nc(COCC)n1. The monoisotopic (exact) mass is 278 g/mol. The first-order chi connectivity index (χ1) is 9.65. The highest BCUT2D eigenvalue weighted by Gasteiger charge is 2.28. The van der Waals surface area contributed by atoms with Crippen LogP contribution in [0.5, 0.6) is 0 Å². The molecule has 1 fully saturated rings. The first kappa shape index (κ1) is 15.0. The summed E-state index contributed by atoms with van der Waals surface area (Å²) in [6.45, 7) is 8.30. The molecule has 2 N–H and O–H groups in total. The van der Waals surface area contributed by atoms with Crippen molar-refractivity contribution in [3.05, 3.63) is 11.9 Å². The number of ether oxygens (including phenoxy) is 1. The van der Waals surface area contributed by atoms with Gasteiger partial charge in [-0.2, -0.15) is 0 Å². The summed E-state index contributed by atoms with van der Waals surface area (Å²) in [5, 5.41) is 6.84. The smallest absolute Gasteiger partial charge is 0.158 e. The second kappa shape index (κ2) is 6.88. The van der Waals surface area contributed by atoms with Gasteiger partial charge in [0.2, 0.25) is 0 Å². The van der Waals surface area contributed by atoms with Gasteiger partial charge in [0.1, 0.15) is 18.2 Å². The molecule has 0 bridgehead atoms. The molecule has 0 aromatic carbocycles. The zero-order valence-corrected chi connectivity index (χ0v) is 12.8. The average Bonchev–Trinajstić information content (AvgIpc) is 2.83. The van der Waals surface area contributed by atoms with E-state index < -0.39 is 0 Å². The molecule has 1 aromatic rings. The predicted octanol–water partition coefficient (Wildman–Crippen LogP) is 3.19. The molecule has 1 aliphatic rings. The lowest BCUT2D eigenvalue weighted by Crippen LogP contribution is -2.31. The van der Waals surface area contributed by atoms with Crippen LogP contribution in [0.1, 0.15) is 52.3 Å². The van der Waals surface area contributed by atoms with Gasteiger partial charge >= 0.3 is 0 Å². The number of anilines is 2. The van der Waals surface area contributed by atoms with Gasteiger partial charge in [0.15, 0.2) is 5.82 Å². The summed E-state index contributed by atoms with van der Waals surface area (Å²) in [6.07, 6.45) is 4.99. The highest BCUT2D eigenvalue weighted by Crippen LogP contribution is 2.32. The molecule has 0 saturated heterocycles. The first-order valence-corrected chi connectivity index (χ1v) is 7.63. The van der Waals surface area contributed by atoms with E-state index in [2.05, 4.69) is 34.4 Å². The van der Waals surface area contributed by atoms with Crippen LogP contribution in [0.2, 0.25) is 0 Å². The lowest BCUT2D eigenvalue weighted by Gasteiger charge is -2.26. The molecule has 5 heteroatoms. The van der Waals surface area contributed by atoms with Crippen molar-refractivity contribution < 1.29 is 4.74 Å². The topological polar surface area (TPSA) is 59.1 Å². The Bertz CT molecular complexity index is 430. The molecule has 1 aliphatic carbocycles. The third-order valence-electron chi connectivity index (χ3n) is 3.70. The molecule has 112 valence electrons. The van der Waals surface area contributed by atoms with Crippen molar-refractivity contribution in [1.82, 2.24) is 9.97 Å². The molecule has 1 saturated carbocycles. The maximum absolute atomic E-state index is 5.42. The molecule has 1 heterocycles. The Kier molecular flexibility index (Phi) is 5.17. The van der Waals surface area contributed by atoms with Crippen molar-refractivity contribution in [1.29, 1.82) is 0 Å². The Morgan fingerprint density at radius 3 is 2.55 bits per heavy atom. The van der Waals surface area contributed by atoms with Crippen LogP contribution in [-0.4, -0.2) is 28.7 Å². The van der Waals surface area contributed by atoms with E-state index in [0.717, 1.165) is 24.0 Å². The molecule has 5 nitrogen and oxygen atoms in total. The summed E-state index contributed by atoms with van der Waals surface area (Å²) in [7, 11) is 0. The van der Waals surface area contributed by atoms with E-state index in [-0.39, 0.29) is 5.54 Å². The van der Waals surface area contributed by atoms with Crippen molar-refractivity contribution in [2.45, 2.75) is 58.6 Å². The van der Waals surface area contributed by atoms with Crippen LogP contribution < -0.4 is 10.6 Å². The number of aromatic nitrogens is 2. The Morgan fingerprint density at radius 2 is 1.90 bits per heavy atom. The standard InChI is InChI=1S/C15H26N4O/c1-4-16-12-10-13(18-14(17-12)11-20-5-2)19-15(3)8-6-7-9-15/h10H,4-9,11H2,1-3H3,(H2,16,17,18,19). The van der Waals surface area contributed by atoms with Crippen molar-refractivity contribution in [2.24, 2.45) is 0 Å². The average molecular weight is 278 g/mol. The van der Waals surface area contributed by atoms with Crippen LogP contribution in [0.3, 0.4) is 0 Å². The minimum atomic E-state index is 0.167. The normalized spacial score (nSPS) is 17.1. The van der Waals surface area contributed by atoms with Gasteiger partial charge < -0.3 is 15.4 Å². The molecular formula is C15H26N4O. The third-order valence-corrected chi connectivity index (χ3v) is 3.70. The summed E-state index contributed by atoms with van der Waals surface area (Å²) in [5.74, 6) is 2.49. The number of rotatable bonds is 7. The molecule has 0 atom stereocenters. The summed E-state index contributed by atoms with van der Waals surface area (Å²) < 4.78 is 5.42. The second-order valence-electron chi connectivity index (χ2n) is 5.61. The van der Waals surface area contributed by atoms with Gasteiger partial charge in [-0.3, -0.25) is 0 Å². The van der Waals surface area contributed by atoms with Gasteiger partial charge in [0.05, 0.1) is 0 Å². The fraction of sp³-hybridized carbons (Fsp3) is 0.733. The molecule has 2 rings (SSSR count). The Morgan fingerprint density at radius 1 is 1.20 bits per heavy atom. The number of nitrogens with one attached hydrogen (secondary N) is 2. The lowest BCUT2D eigenvalue weighted by molar-refractivity contribution is 0.128. The van der Waals surface area contributed by atoms with Crippen LogP contribution in [0.4, 0.5) is 11.6 Å². The fourth-order valence-corrected chi connectivity index (χ4v) is 2.68. The van der Waals surface area contributed by atoms with E-state index in [1.54, 1.807) is 0 Å². The van der Waals surface area contributed by atoms with E-state index in [4.69, 9.17) is 4.74 Å². The number of nitrogens with zero attached hydrogens (tertiary/aromatic N) is 2. The largest absolute Gasteiger partial charge is 0.374 e. The lowest BCUT2D eigenvalue weighted by atomic mass is 10.0. The zero-order valence-electron chi connectivity index (χ0n) is 12.8. The summed E-state index contributed by atoms with van der Waals surface area (Å²) >= 11 is 0. The minimum absolute atomic E-state index is 0.167. The zero-order chi connectivity index (χ0) is 14.4. The van der Waals surface area contributed by atoms with Crippen LogP contribution >= 0.6 is 0 Å². The molecule has 0 unspecified atom stereocenters. The van der Waals surface area contributed by atoms with Gasteiger partial charge in [0.25, 0.3) is 0 Å². The van der Waals surface area contributed by atoms with E-state index in [1.165, 1.54) is 25.7 Å². The van der Waals surface area contributed by atoms with E-state index in [9.17, 15) is 0 Å². The Balaban J connectivity index is 2.14. The Hall–Kier alpha value is -1.36. The van der Waals surface area contributed by atoms with Crippen LogP contribution in [0.25, 0.3) is 0 Å².